The number of alkyl halides is 3. The molecule has 0 aromatic heterocycles. The van der Waals surface area contributed by atoms with Crippen LogP contribution in [0.3, 0.4) is 0 Å². The summed E-state index contributed by atoms with van der Waals surface area (Å²) < 4.78 is 38.2. The van der Waals surface area contributed by atoms with Crippen molar-refractivity contribution >= 4 is 11.4 Å². The first-order valence-corrected chi connectivity index (χ1v) is 7.65. The van der Waals surface area contributed by atoms with Crippen molar-refractivity contribution < 1.29 is 13.2 Å². The van der Waals surface area contributed by atoms with Gasteiger partial charge in [0.15, 0.2) is 0 Å². The lowest BCUT2D eigenvalue weighted by Gasteiger charge is -2.45. The summed E-state index contributed by atoms with van der Waals surface area (Å²) >= 11 is 0. The van der Waals surface area contributed by atoms with E-state index in [2.05, 4.69) is 17.6 Å². The Morgan fingerprint density at radius 3 is 2.52 bits per heavy atom. The Morgan fingerprint density at radius 2 is 1.90 bits per heavy atom. The van der Waals surface area contributed by atoms with Crippen LogP contribution in [0.5, 0.6) is 0 Å². The van der Waals surface area contributed by atoms with Gasteiger partial charge in [-0.15, -0.1) is 0 Å². The smallest absolute Gasteiger partial charge is 0.381 e. The lowest BCUT2D eigenvalue weighted by atomic mass is 9.74. The third kappa shape index (κ3) is 2.83. The molecule has 1 aromatic carbocycles. The van der Waals surface area contributed by atoms with Crippen molar-refractivity contribution in [1.82, 2.24) is 0 Å². The number of anilines is 2. The lowest BCUT2D eigenvalue weighted by molar-refractivity contribution is -0.137. The van der Waals surface area contributed by atoms with Crippen molar-refractivity contribution in [2.75, 3.05) is 17.2 Å². The Labute approximate surface area is 123 Å². The van der Waals surface area contributed by atoms with Crippen molar-refractivity contribution in [2.24, 2.45) is 5.92 Å². The highest BCUT2D eigenvalue weighted by Gasteiger charge is 2.38. The summed E-state index contributed by atoms with van der Waals surface area (Å²) in [6.45, 7) is 2.93. The molecular formula is C16H21F3N2. The fraction of sp³-hybridized carbons (Fsp3) is 0.625. The molecule has 0 amide bonds. The molecule has 21 heavy (non-hydrogen) atoms. The van der Waals surface area contributed by atoms with Crippen LogP contribution in [-0.2, 0) is 6.18 Å². The molecule has 2 aliphatic rings. The predicted molar refractivity (Wildman–Crippen MR) is 78.5 cm³/mol. The molecule has 0 unspecified atom stereocenters. The van der Waals surface area contributed by atoms with E-state index in [1.165, 1.54) is 25.3 Å². The zero-order chi connectivity index (χ0) is 15.1. The van der Waals surface area contributed by atoms with Crippen LogP contribution >= 0.6 is 0 Å². The van der Waals surface area contributed by atoms with Crippen LogP contribution in [-0.4, -0.2) is 12.1 Å². The van der Waals surface area contributed by atoms with Gasteiger partial charge in [-0.2, -0.15) is 13.2 Å². The van der Waals surface area contributed by atoms with Gasteiger partial charge in [0.25, 0.3) is 0 Å². The van der Waals surface area contributed by atoms with Crippen molar-refractivity contribution in [1.29, 1.82) is 0 Å². The molecule has 116 valence electrons. The average molecular weight is 298 g/mol. The van der Waals surface area contributed by atoms with E-state index in [-0.39, 0.29) is 5.54 Å². The summed E-state index contributed by atoms with van der Waals surface area (Å²) in [7, 11) is 0. The highest BCUT2D eigenvalue weighted by molar-refractivity contribution is 5.73. The highest BCUT2D eigenvalue weighted by Crippen LogP contribution is 2.42. The summed E-state index contributed by atoms with van der Waals surface area (Å²) in [6.07, 6.45) is 1.49. The summed E-state index contributed by atoms with van der Waals surface area (Å²) in [5.74, 6) is 0.798. The third-order valence-electron chi connectivity index (χ3n) is 5.00. The molecule has 0 atom stereocenters. The number of hydrogen-bond acceptors (Lipinski definition) is 2. The first kappa shape index (κ1) is 14.5. The zero-order valence-electron chi connectivity index (χ0n) is 12.2. The number of halogens is 3. The molecule has 1 saturated carbocycles. The molecule has 0 radical (unpaired) electrons. The van der Waals surface area contributed by atoms with Crippen molar-refractivity contribution in [2.45, 2.75) is 50.7 Å². The average Bonchev–Trinajstić information content (AvgIpc) is 2.46. The molecule has 1 aliphatic carbocycles. The minimum atomic E-state index is -4.29. The van der Waals surface area contributed by atoms with E-state index in [0.29, 0.717) is 12.2 Å². The molecule has 1 fully saturated rings. The van der Waals surface area contributed by atoms with Crippen LogP contribution in [0.1, 0.15) is 44.6 Å². The fourth-order valence-electron chi connectivity index (χ4n) is 3.51. The van der Waals surface area contributed by atoms with Gasteiger partial charge < -0.3 is 10.6 Å². The Balaban J connectivity index is 1.78. The van der Waals surface area contributed by atoms with Crippen LogP contribution in [0.15, 0.2) is 18.2 Å². The van der Waals surface area contributed by atoms with E-state index in [4.69, 9.17) is 0 Å². The molecule has 3 rings (SSSR count). The molecule has 1 aromatic rings. The first-order valence-electron chi connectivity index (χ1n) is 7.65. The van der Waals surface area contributed by atoms with E-state index in [9.17, 15) is 13.2 Å². The SMILES string of the molecule is CCC1CCC2(CC1)CNc1cc(C(F)(F)F)ccc1N2. The third-order valence-corrected chi connectivity index (χ3v) is 5.00. The Kier molecular flexibility index (Phi) is 3.54. The van der Waals surface area contributed by atoms with Gasteiger partial charge in [0.05, 0.1) is 22.5 Å². The van der Waals surface area contributed by atoms with Gasteiger partial charge >= 0.3 is 6.18 Å². The molecular weight excluding hydrogens is 277 g/mol. The molecule has 5 heteroatoms. The Morgan fingerprint density at radius 1 is 1.19 bits per heavy atom. The predicted octanol–water partition coefficient (Wildman–Crippen LogP) is 4.88. The van der Waals surface area contributed by atoms with Crippen molar-refractivity contribution in [3.8, 4) is 0 Å². The number of fused-ring (bicyclic) bond motifs is 1. The van der Waals surface area contributed by atoms with Gasteiger partial charge in [0, 0.05) is 6.54 Å². The molecule has 2 N–H and O–H groups in total. The number of rotatable bonds is 1. The largest absolute Gasteiger partial charge is 0.416 e. The van der Waals surface area contributed by atoms with Gasteiger partial charge in [0.1, 0.15) is 0 Å². The zero-order valence-corrected chi connectivity index (χ0v) is 12.2. The quantitative estimate of drug-likeness (QED) is 0.772. The standard InChI is InChI=1S/C16H21F3N2/c1-2-11-5-7-15(8-6-11)10-20-14-9-12(16(17,18)19)3-4-13(14)21-15/h3-4,9,11,20-21H,2,5-8,10H2,1H3. The summed E-state index contributed by atoms with van der Waals surface area (Å²) in [5.41, 5.74) is 0.775. The molecule has 1 heterocycles. The van der Waals surface area contributed by atoms with Gasteiger partial charge in [-0.25, -0.2) is 0 Å². The van der Waals surface area contributed by atoms with Gasteiger partial charge in [0.2, 0.25) is 0 Å². The fourth-order valence-corrected chi connectivity index (χ4v) is 3.51. The van der Waals surface area contributed by atoms with E-state index in [0.717, 1.165) is 30.5 Å². The van der Waals surface area contributed by atoms with E-state index in [1.54, 1.807) is 6.07 Å². The van der Waals surface area contributed by atoms with Crippen LogP contribution in [0.25, 0.3) is 0 Å². The minimum Gasteiger partial charge on any atom is -0.381 e. The normalized spacial score (nSPS) is 28.7. The summed E-state index contributed by atoms with van der Waals surface area (Å²) in [4.78, 5) is 0. The maximum absolute atomic E-state index is 12.7. The number of nitrogens with one attached hydrogen (secondary N) is 2. The molecule has 2 nitrogen and oxygen atoms in total. The molecule has 0 saturated heterocycles. The Bertz CT molecular complexity index is 517. The van der Waals surface area contributed by atoms with E-state index in [1.807, 2.05) is 0 Å². The van der Waals surface area contributed by atoms with Crippen LogP contribution in [0.2, 0.25) is 0 Å². The summed E-state index contributed by atoms with van der Waals surface area (Å²) in [5, 5.41) is 6.71. The molecule has 1 spiro atoms. The topological polar surface area (TPSA) is 24.1 Å². The van der Waals surface area contributed by atoms with Crippen LogP contribution < -0.4 is 10.6 Å². The highest BCUT2D eigenvalue weighted by atomic mass is 19.4. The van der Waals surface area contributed by atoms with E-state index >= 15 is 0 Å². The second-order valence-corrected chi connectivity index (χ2v) is 6.37. The van der Waals surface area contributed by atoms with E-state index < -0.39 is 11.7 Å². The molecule has 0 bridgehead atoms. The monoisotopic (exact) mass is 298 g/mol. The maximum Gasteiger partial charge on any atom is 0.416 e. The van der Waals surface area contributed by atoms with Crippen LogP contribution in [0, 0.1) is 5.92 Å². The van der Waals surface area contributed by atoms with Gasteiger partial charge in [-0.3, -0.25) is 0 Å². The maximum atomic E-state index is 12.7. The summed E-state index contributed by atoms with van der Waals surface area (Å²) in [6, 6.07) is 3.91. The second kappa shape index (κ2) is 5.11. The second-order valence-electron chi connectivity index (χ2n) is 6.37. The van der Waals surface area contributed by atoms with Crippen LogP contribution in [0.4, 0.5) is 24.5 Å². The first-order chi connectivity index (χ1) is 9.92. The number of hydrogen-bond donors (Lipinski definition) is 2. The van der Waals surface area contributed by atoms with Crippen molar-refractivity contribution in [3.05, 3.63) is 23.8 Å². The molecule has 1 aliphatic heterocycles. The minimum absolute atomic E-state index is 0.0123. The Hall–Kier alpha value is -1.39. The van der Waals surface area contributed by atoms with Gasteiger partial charge in [-0.1, -0.05) is 13.3 Å². The van der Waals surface area contributed by atoms with Gasteiger partial charge in [-0.05, 0) is 49.8 Å². The lowest BCUT2D eigenvalue weighted by Crippen LogP contribution is -2.50. The number of benzene rings is 1. The van der Waals surface area contributed by atoms with Crippen molar-refractivity contribution in [3.63, 3.8) is 0 Å².